The summed E-state index contributed by atoms with van der Waals surface area (Å²) in [5.41, 5.74) is 4.51. The summed E-state index contributed by atoms with van der Waals surface area (Å²) in [6.45, 7) is 9.19. The lowest BCUT2D eigenvalue weighted by atomic mass is 10.1. The molecule has 0 saturated carbocycles. The van der Waals surface area contributed by atoms with Crippen molar-refractivity contribution in [3.63, 3.8) is 0 Å². The van der Waals surface area contributed by atoms with Crippen molar-refractivity contribution in [1.29, 1.82) is 0 Å². The van der Waals surface area contributed by atoms with E-state index < -0.39 is 10.0 Å². The van der Waals surface area contributed by atoms with Crippen LogP contribution in [0.1, 0.15) is 35.6 Å². The van der Waals surface area contributed by atoms with E-state index in [2.05, 4.69) is 15.0 Å². The summed E-state index contributed by atoms with van der Waals surface area (Å²) < 4.78 is 29.5. The zero-order valence-corrected chi connectivity index (χ0v) is 18.1. The van der Waals surface area contributed by atoms with Gasteiger partial charge in [0.2, 0.25) is 5.91 Å². The number of nitrogens with zero attached hydrogens (tertiary/aromatic N) is 1. The molecule has 0 radical (unpaired) electrons. The summed E-state index contributed by atoms with van der Waals surface area (Å²) >= 11 is 1.32. The first-order valence-electron chi connectivity index (χ1n) is 8.92. The van der Waals surface area contributed by atoms with Crippen molar-refractivity contribution in [3.8, 4) is 0 Å². The van der Waals surface area contributed by atoms with Crippen molar-refractivity contribution in [3.05, 3.63) is 46.5 Å². The van der Waals surface area contributed by atoms with Crippen LogP contribution in [0.15, 0.2) is 29.2 Å². The summed E-state index contributed by atoms with van der Waals surface area (Å²) in [7, 11) is -3.73. The molecule has 0 saturated heterocycles. The molecule has 2 aromatic carbocycles. The van der Waals surface area contributed by atoms with Gasteiger partial charge in [0.25, 0.3) is 10.0 Å². The van der Waals surface area contributed by atoms with E-state index in [4.69, 9.17) is 0 Å². The van der Waals surface area contributed by atoms with Gasteiger partial charge in [-0.25, -0.2) is 13.4 Å². The number of thiazole rings is 1. The lowest BCUT2D eigenvalue weighted by molar-refractivity contribution is -0.115. The Bertz CT molecular complexity index is 1160. The Labute approximate surface area is 169 Å². The van der Waals surface area contributed by atoms with Gasteiger partial charge in [-0.15, -0.1) is 0 Å². The normalized spacial score (nSPS) is 11.6. The zero-order valence-electron chi connectivity index (χ0n) is 16.5. The predicted molar refractivity (Wildman–Crippen MR) is 115 cm³/mol. The molecule has 2 N–H and O–H groups in total. The number of sulfonamides is 1. The summed E-state index contributed by atoms with van der Waals surface area (Å²) in [4.78, 5) is 16.4. The number of carbonyl (C=O) groups is 1. The van der Waals surface area contributed by atoms with E-state index in [0.29, 0.717) is 33.3 Å². The molecule has 148 valence electrons. The fourth-order valence-corrected chi connectivity index (χ4v) is 5.81. The molecule has 0 fully saturated rings. The molecule has 1 amide bonds. The first kappa shape index (κ1) is 20.3. The minimum atomic E-state index is -3.73. The highest BCUT2D eigenvalue weighted by Gasteiger charge is 2.21. The van der Waals surface area contributed by atoms with Crippen LogP contribution in [0.5, 0.6) is 0 Å². The average molecular weight is 418 g/mol. The van der Waals surface area contributed by atoms with Crippen molar-refractivity contribution in [1.82, 2.24) is 4.98 Å². The second kappa shape index (κ2) is 7.52. The Balaban J connectivity index is 1.99. The summed E-state index contributed by atoms with van der Waals surface area (Å²) in [5.74, 6) is -0.108. The van der Waals surface area contributed by atoms with E-state index in [1.807, 2.05) is 26.0 Å². The maximum absolute atomic E-state index is 13.0. The molecule has 3 rings (SSSR count). The SMILES string of the molecule is CCC(=O)Nc1nc2c(C)cc(NS(=O)(=O)c3c(C)cc(C)cc3C)cc2s1. The van der Waals surface area contributed by atoms with Gasteiger partial charge < -0.3 is 5.32 Å². The van der Waals surface area contributed by atoms with Gasteiger partial charge >= 0.3 is 0 Å². The van der Waals surface area contributed by atoms with Gasteiger partial charge in [-0.2, -0.15) is 0 Å². The van der Waals surface area contributed by atoms with Gasteiger partial charge in [0.15, 0.2) is 5.13 Å². The molecule has 6 nitrogen and oxygen atoms in total. The molecule has 0 aliphatic heterocycles. The first-order valence-corrected chi connectivity index (χ1v) is 11.2. The number of aromatic nitrogens is 1. The molecule has 0 unspecified atom stereocenters. The van der Waals surface area contributed by atoms with Crippen LogP contribution >= 0.6 is 11.3 Å². The molecular weight excluding hydrogens is 394 g/mol. The van der Waals surface area contributed by atoms with E-state index in [0.717, 1.165) is 21.3 Å². The summed E-state index contributed by atoms with van der Waals surface area (Å²) in [5, 5.41) is 3.26. The Morgan fingerprint density at radius 1 is 1.04 bits per heavy atom. The molecule has 0 aliphatic carbocycles. The second-order valence-electron chi connectivity index (χ2n) is 6.89. The van der Waals surface area contributed by atoms with Gasteiger partial charge in [-0.1, -0.05) is 36.0 Å². The van der Waals surface area contributed by atoms with Crippen molar-refractivity contribution >= 4 is 48.3 Å². The van der Waals surface area contributed by atoms with Crippen LogP contribution < -0.4 is 10.0 Å². The predicted octanol–water partition coefficient (Wildman–Crippen LogP) is 4.68. The number of rotatable bonds is 5. The highest BCUT2D eigenvalue weighted by molar-refractivity contribution is 7.92. The van der Waals surface area contributed by atoms with E-state index in [1.54, 1.807) is 32.9 Å². The third-order valence-corrected chi connectivity index (χ3v) is 6.98. The van der Waals surface area contributed by atoms with Crippen molar-refractivity contribution < 1.29 is 13.2 Å². The molecule has 1 aromatic heterocycles. The molecule has 28 heavy (non-hydrogen) atoms. The molecule has 3 aromatic rings. The zero-order chi connectivity index (χ0) is 20.6. The minimum absolute atomic E-state index is 0.108. The molecule has 0 spiro atoms. The Kier molecular flexibility index (Phi) is 5.45. The van der Waals surface area contributed by atoms with Crippen LogP contribution in [0.3, 0.4) is 0 Å². The monoisotopic (exact) mass is 417 g/mol. The third-order valence-electron chi connectivity index (χ3n) is 4.38. The van der Waals surface area contributed by atoms with Crippen LogP contribution in [0, 0.1) is 27.7 Å². The van der Waals surface area contributed by atoms with Crippen molar-refractivity contribution in [2.45, 2.75) is 45.9 Å². The fraction of sp³-hybridized carbons (Fsp3) is 0.300. The van der Waals surface area contributed by atoms with E-state index >= 15 is 0 Å². The van der Waals surface area contributed by atoms with Gasteiger partial charge in [0.05, 0.1) is 20.8 Å². The number of aryl methyl sites for hydroxylation is 4. The molecular formula is C20H23N3O3S2. The topological polar surface area (TPSA) is 88.2 Å². The van der Waals surface area contributed by atoms with Gasteiger partial charge in [-0.05, 0) is 56.5 Å². The number of nitrogens with one attached hydrogen (secondary N) is 2. The van der Waals surface area contributed by atoms with E-state index in [-0.39, 0.29) is 5.91 Å². The number of anilines is 2. The highest BCUT2D eigenvalue weighted by Crippen LogP contribution is 2.32. The molecule has 1 heterocycles. The van der Waals surface area contributed by atoms with Crippen LogP contribution in [-0.4, -0.2) is 19.3 Å². The molecule has 8 heteroatoms. The van der Waals surface area contributed by atoms with Crippen LogP contribution in [0.4, 0.5) is 10.8 Å². The summed E-state index contributed by atoms with van der Waals surface area (Å²) in [6.07, 6.45) is 0.370. The van der Waals surface area contributed by atoms with Crippen LogP contribution in [-0.2, 0) is 14.8 Å². The van der Waals surface area contributed by atoms with E-state index in [1.165, 1.54) is 11.3 Å². The molecule has 0 aliphatic rings. The number of benzene rings is 2. The Morgan fingerprint density at radius 2 is 1.68 bits per heavy atom. The number of carbonyl (C=O) groups excluding carboxylic acids is 1. The van der Waals surface area contributed by atoms with Crippen LogP contribution in [0.25, 0.3) is 10.2 Å². The average Bonchev–Trinajstić information content (AvgIpc) is 2.95. The Morgan fingerprint density at radius 3 is 2.29 bits per heavy atom. The van der Waals surface area contributed by atoms with Gasteiger partial charge in [-0.3, -0.25) is 9.52 Å². The summed E-state index contributed by atoms with van der Waals surface area (Å²) in [6, 6.07) is 7.23. The lowest BCUT2D eigenvalue weighted by Gasteiger charge is -2.14. The minimum Gasteiger partial charge on any atom is -0.302 e. The quantitative estimate of drug-likeness (QED) is 0.631. The highest BCUT2D eigenvalue weighted by atomic mass is 32.2. The number of amides is 1. The Hall–Kier alpha value is -2.45. The second-order valence-corrected chi connectivity index (χ2v) is 9.54. The number of hydrogen-bond donors (Lipinski definition) is 2. The maximum Gasteiger partial charge on any atom is 0.262 e. The van der Waals surface area contributed by atoms with Crippen molar-refractivity contribution in [2.75, 3.05) is 10.0 Å². The maximum atomic E-state index is 13.0. The van der Waals surface area contributed by atoms with Crippen LogP contribution in [0.2, 0.25) is 0 Å². The number of fused-ring (bicyclic) bond motifs is 1. The fourth-order valence-electron chi connectivity index (χ4n) is 3.31. The molecule has 0 bridgehead atoms. The lowest BCUT2D eigenvalue weighted by Crippen LogP contribution is -2.16. The smallest absolute Gasteiger partial charge is 0.262 e. The third kappa shape index (κ3) is 4.02. The number of hydrogen-bond acceptors (Lipinski definition) is 5. The van der Waals surface area contributed by atoms with Crippen molar-refractivity contribution in [2.24, 2.45) is 0 Å². The van der Waals surface area contributed by atoms with E-state index in [9.17, 15) is 13.2 Å². The van der Waals surface area contributed by atoms with Gasteiger partial charge in [0, 0.05) is 6.42 Å². The van der Waals surface area contributed by atoms with Gasteiger partial charge in [0.1, 0.15) is 0 Å². The largest absolute Gasteiger partial charge is 0.302 e. The first-order chi connectivity index (χ1) is 13.1. The molecule has 0 atom stereocenters. The standard InChI is InChI=1S/C20H23N3O3S2/c1-6-17(24)21-20-22-18-12(3)9-15(10-16(18)27-20)23-28(25,26)19-13(4)7-11(2)8-14(19)5/h7-10,23H,6H2,1-5H3,(H,21,22,24).